The van der Waals surface area contributed by atoms with E-state index in [4.69, 9.17) is 4.74 Å². The Hall–Kier alpha value is -3.03. The zero-order valence-electron chi connectivity index (χ0n) is 20.3. The van der Waals surface area contributed by atoms with Gasteiger partial charge in [0, 0.05) is 36.6 Å². The number of hydrogen-bond donors (Lipinski definition) is 3. The molecule has 2 aromatic rings. The second kappa shape index (κ2) is 9.85. The quantitative estimate of drug-likeness (QED) is 0.619. The number of aromatic amines is 1. The minimum absolute atomic E-state index is 0.0959. The summed E-state index contributed by atoms with van der Waals surface area (Å²) in [7, 11) is 0. The molecule has 0 aliphatic carbocycles. The van der Waals surface area contributed by atoms with Crippen molar-refractivity contribution in [2.75, 3.05) is 13.1 Å². The van der Waals surface area contributed by atoms with Crippen LogP contribution in [0.2, 0.25) is 0 Å². The van der Waals surface area contributed by atoms with Crippen molar-refractivity contribution in [3.8, 4) is 0 Å². The molecule has 0 saturated carbocycles. The first-order valence-electron chi connectivity index (χ1n) is 11.6. The number of rotatable bonds is 6. The van der Waals surface area contributed by atoms with Gasteiger partial charge in [-0.2, -0.15) is 0 Å². The summed E-state index contributed by atoms with van der Waals surface area (Å²) < 4.78 is 5.30. The fraction of sp³-hybridized carbons (Fsp3) is 0.560. The van der Waals surface area contributed by atoms with Crippen molar-refractivity contribution in [3.05, 3.63) is 36.0 Å². The lowest BCUT2D eigenvalue weighted by molar-refractivity contribution is -0.138. The van der Waals surface area contributed by atoms with Crippen LogP contribution in [0.4, 0.5) is 4.79 Å². The van der Waals surface area contributed by atoms with Crippen molar-refractivity contribution in [1.29, 1.82) is 0 Å². The molecule has 8 heteroatoms. The minimum atomic E-state index is -1.26. The number of aromatic nitrogens is 1. The number of likely N-dealkylation sites (tertiary alicyclic amines) is 1. The molecule has 1 aliphatic rings. The van der Waals surface area contributed by atoms with Crippen LogP contribution >= 0.6 is 0 Å². The molecule has 0 bridgehead atoms. The molecule has 1 atom stereocenters. The van der Waals surface area contributed by atoms with Crippen molar-refractivity contribution in [1.82, 2.24) is 20.5 Å². The SMILES string of the molecule is CC(C)(C)OC(=O)NC(C)(C)C(=O)N[C@H](Cc1c[nH]c2ccccc12)C(=O)N1CCCCC1. The lowest BCUT2D eigenvalue weighted by Crippen LogP contribution is -2.60. The van der Waals surface area contributed by atoms with E-state index >= 15 is 0 Å². The fourth-order valence-corrected chi connectivity index (χ4v) is 4.01. The van der Waals surface area contributed by atoms with E-state index in [1.54, 1.807) is 34.6 Å². The zero-order valence-corrected chi connectivity index (χ0v) is 20.3. The summed E-state index contributed by atoms with van der Waals surface area (Å²) in [6, 6.07) is 7.14. The molecule has 3 rings (SSSR count). The molecule has 1 fully saturated rings. The van der Waals surface area contributed by atoms with Crippen LogP contribution in [-0.2, 0) is 20.7 Å². The molecular formula is C25H36N4O4. The highest BCUT2D eigenvalue weighted by Crippen LogP contribution is 2.21. The van der Waals surface area contributed by atoms with Gasteiger partial charge in [-0.1, -0.05) is 18.2 Å². The molecule has 8 nitrogen and oxygen atoms in total. The lowest BCUT2D eigenvalue weighted by Gasteiger charge is -2.33. The van der Waals surface area contributed by atoms with Gasteiger partial charge >= 0.3 is 6.09 Å². The second-order valence-corrected chi connectivity index (χ2v) is 10.2. The van der Waals surface area contributed by atoms with Crippen LogP contribution < -0.4 is 10.6 Å². The van der Waals surface area contributed by atoms with Gasteiger partial charge in [-0.05, 0) is 65.5 Å². The predicted molar refractivity (Wildman–Crippen MR) is 128 cm³/mol. The minimum Gasteiger partial charge on any atom is -0.444 e. The number of carbonyl (C=O) groups is 3. The number of hydrogen-bond acceptors (Lipinski definition) is 4. The van der Waals surface area contributed by atoms with Gasteiger partial charge in [-0.25, -0.2) is 4.79 Å². The van der Waals surface area contributed by atoms with Crippen molar-refractivity contribution in [2.45, 2.75) is 77.5 Å². The molecule has 2 heterocycles. The maximum atomic E-state index is 13.4. The van der Waals surface area contributed by atoms with Crippen molar-refractivity contribution in [2.24, 2.45) is 0 Å². The third-order valence-corrected chi connectivity index (χ3v) is 5.75. The van der Waals surface area contributed by atoms with Gasteiger partial charge < -0.3 is 25.3 Å². The van der Waals surface area contributed by atoms with Crippen molar-refractivity contribution >= 4 is 28.8 Å². The average molecular weight is 457 g/mol. The first-order valence-corrected chi connectivity index (χ1v) is 11.6. The maximum Gasteiger partial charge on any atom is 0.408 e. The summed E-state index contributed by atoms with van der Waals surface area (Å²) in [6.45, 7) is 9.86. The molecule has 0 unspecified atom stereocenters. The van der Waals surface area contributed by atoms with Gasteiger partial charge in [0.1, 0.15) is 17.2 Å². The topological polar surface area (TPSA) is 104 Å². The van der Waals surface area contributed by atoms with Crippen molar-refractivity contribution < 1.29 is 19.1 Å². The number of fused-ring (bicyclic) bond motifs is 1. The van der Waals surface area contributed by atoms with Crippen molar-refractivity contribution in [3.63, 3.8) is 0 Å². The van der Waals surface area contributed by atoms with Crippen LogP contribution in [0.1, 0.15) is 59.4 Å². The Balaban J connectivity index is 1.78. The fourth-order valence-electron chi connectivity index (χ4n) is 4.01. The van der Waals surface area contributed by atoms with Gasteiger partial charge in [-0.15, -0.1) is 0 Å². The number of H-pyrrole nitrogens is 1. The smallest absolute Gasteiger partial charge is 0.408 e. The van der Waals surface area contributed by atoms with Gasteiger partial charge in [0.25, 0.3) is 0 Å². The highest BCUT2D eigenvalue weighted by molar-refractivity contribution is 5.94. The molecule has 1 aromatic carbocycles. The molecular weight excluding hydrogens is 420 g/mol. The van der Waals surface area contributed by atoms with E-state index in [0.717, 1.165) is 35.7 Å². The molecule has 3 N–H and O–H groups in total. The number of alkyl carbamates (subject to hydrolysis) is 1. The van der Waals surface area contributed by atoms with E-state index in [9.17, 15) is 14.4 Å². The molecule has 33 heavy (non-hydrogen) atoms. The van der Waals surface area contributed by atoms with Crippen LogP contribution in [0.3, 0.4) is 0 Å². The van der Waals surface area contributed by atoms with Gasteiger partial charge in [0.05, 0.1) is 0 Å². The molecule has 0 spiro atoms. The predicted octanol–water partition coefficient (Wildman–Crippen LogP) is 3.51. The highest BCUT2D eigenvalue weighted by atomic mass is 16.6. The van der Waals surface area contributed by atoms with Gasteiger partial charge in [0.2, 0.25) is 11.8 Å². The van der Waals surface area contributed by atoms with E-state index in [2.05, 4.69) is 15.6 Å². The number of nitrogens with one attached hydrogen (secondary N) is 3. The summed E-state index contributed by atoms with van der Waals surface area (Å²) in [6.07, 6.45) is 4.59. The first kappa shape index (κ1) is 24.6. The molecule has 180 valence electrons. The van der Waals surface area contributed by atoms with E-state index in [1.165, 1.54) is 0 Å². The third-order valence-electron chi connectivity index (χ3n) is 5.75. The lowest BCUT2D eigenvalue weighted by atomic mass is 9.99. The van der Waals surface area contributed by atoms with E-state index < -0.39 is 29.2 Å². The molecule has 1 aromatic heterocycles. The molecule has 0 radical (unpaired) electrons. The van der Waals surface area contributed by atoms with E-state index in [0.29, 0.717) is 19.5 Å². The summed E-state index contributed by atoms with van der Waals surface area (Å²) in [4.78, 5) is 43.9. The Labute approximate surface area is 195 Å². The van der Waals surface area contributed by atoms with Crippen LogP contribution in [-0.4, -0.2) is 58.1 Å². The van der Waals surface area contributed by atoms with Crippen LogP contribution in [0, 0.1) is 0 Å². The van der Waals surface area contributed by atoms with E-state index in [-0.39, 0.29) is 5.91 Å². The highest BCUT2D eigenvalue weighted by Gasteiger charge is 2.36. The van der Waals surface area contributed by atoms with Gasteiger partial charge in [0.15, 0.2) is 0 Å². The maximum absolute atomic E-state index is 13.4. The average Bonchev–Trinajstić information content (AvgIpc) is 3.14. The summed E-state index contributed by atoms with van der Waals surface area (Å²) >= 11 is 0. The standard InChI is InChI=1S/C25H36N4O4/c1-24(2,3)33-23(32)28-25(4,5)22(31)27-20(21(30)29-13-9-6-10-14-29)15-17-16-26-19-12-8-7-11-18(17)19/h7-8,11-12,16,20,26H,6,9-10,13-15H2,1-5H3,(H,27,31)(H,28,32)/t20-/m1/s1. The third kappa shape index (κ3) is 6.49. The normalized spacial score (nSPS) is 15.7. The summed E-state index contributed by atoms with van der Waals surface area (Å²) in [5.74, 6) is -0.537. The zero-order chi connectivity index (χ0) is 24.2. The van der Waals surface area contributed by atoms with Crippen LogP contribution in [0.5, 0.6) is 0 Å². The number of amides is 3. The molecule has 3 amide bonds. The first-order chi connectivity index (χ1) is 15.5. The number of piperidine rings is 1. The van der Waals surface area contributed by atoms with E-state index in [1.807, 2.05) is 35.4 Å². The number of nitrogens with zero attached hydrogens (tertiary/aromatic N) is 1. The largest absolute Gasteiger partial charge is 0.444 e. The molecule has 1 aliphatic heterocycles. The van der Waals surface area contributed by atoms with Crippen LogP contribution in [0.25, 0.3) is 10.9 Å². The number of para-hydroxylation sites is 1. The number of ether oxygens (including phenoxy) is 1. The Bertz CT molecular complexity index is 999. The summed E-state index contributed by atoms with van der Waals surface area (Å²) in [5, 5.41) is 6.55. The summed E-state index contributed by atoms with van der Waals surface area (Å²) in [5.41, 5.74) is -0.00377. The Kier molecular flexibility index (Phi) is 7.34. The Morgan fingerprint density at radius 1 is 1.06 bits per heavy atom. The monoisotopic (exact) mass is 456 g/mol. The molecule has 1 saturated heterocycles. The van der Waals surface area contributed by atoms with Gasteiger partial charge in [-0.3, -0.25) is 9.59 Å². The van der Waals surface area contributed by atoms with Crippen LogP contribution in [0.15, 0.2) is 30.5 Å². The second-order valence-electron chi connectivity index (χ2n) is 10.2. The number of benzene rings is 1. The Morgan fingerprint density at radius 2 is 1.73 bits per heavy atom. The number of carbonyl (C=O) groups excluding carboxylic acids is 3. The Morgan fingerprint density at radius 3 is 2.39 bits per heavy atom.